The summed E-state index contributed by atoms with van der Waals surface area (Å²) in [7, 11) is -3.50. The maximum Gasteiger partial charge on any atom is 0.407 e. The van der Waals surface area contributed by atoms with Crippen molar-refractivity contribution in [2.45, 2.75) is 19.0 Å². The maximum atomic E-state index is 11.0. The predicted molar refractivity (Wildman–Crippen MR) is 59.2 cm³/mol. The molecule has 2 fully saturated rings. The number of likely N-dealkylation sites (tertiary alicyclic amines) is 1. The van der Waals surface area contributed by atoms with Crippen LogP contribution in [0, 0.1) is 5.41 Å². The maximum absolute atomic E-state index is 11.0. The molecule has 0 spiro atoms. The molecule has 0 radical (unpaired) electrons. The Labute approximate surface area is 99.9 Å². The molecule has 2 aliphatic rings. The van der Waals surface area contributed by atoms with Crippen LogP contribution in [0.25, 0.3) is 0 Å². The lowest BCUT2D eigenvalue weighted by Crippen LogP contribution is -2.64. The molecule has 0 aromatic carbocycles. The fraction of sp³-hybridized carbons (Fsp3) is 0.889. The molecule has 0 aromatic heterocycles. The fourth-order valence-electron chi connectivity index (χ4n) is 2.53. The molecular formula is C9H16N2O5S. The van der Waals surface area contributed by atoms with E-state index in [0.717, 1.165) is 6.26 Å². The Hall–Kier alpha value is -0.860. The number of nitrogens with zero attached hydrogens (tertiary/aromatic N) is 1. The minimum atomic E-state index is -3.50. The van der Waals surface area contributed by atoms with E-state index in [9.17, 15) is 13.2 Å². The Morgan fingerprint density at radius 1 is 1.65 bits per heavy atom. The Morgan fingerprint density at radius 2 is 2.29 bits per heavy atom. The molecule has 0 aliphatic carbocycles. The van der Waals surface area contributed by atoms with Gasteiger partial charge < -0.3 is 15.3 Å². The summed E-state index contributed by atoms with van der Waals surface area (Å²) in [6.45, 7) is 2.75. The van der Waals surface area contributed by atoms with Crippen LogP contribution < -0.4 is 5.32 Å². The van der Waals surface area contributed by atoms with E-state index < -0.39 is 21.6 Å². The molecule has 8 heteroatoms. The summed E-state index contributed by atoms with van der Waals surface area (Å²) >= 11 is 0. The van der Waals surface area contributed by atoms with E-state index in [4.69, 9.17) is 9.29 Å². The zero-order valence-electron chi connectivity index (χ0n) is 9.71. The molecule has 7 nitrogen and oxygen atoms in total. The van der Waals surface area contributed by atoms with E-state index in [2.05, 4.69) is 5.32 Å². The SMILES string of the molecule is CC1(COS(C)(=O)=O)CN(C(=O)O)C2CNC21. The van der Waals surface area contributed by atoms with E-state index in [1.54, 1.807) is 0 Å². The molecule has 0 bridgehead atoms. The van der Waals surface area contributed by atoms with Crippen LogP contribution in [0.5, 0.6) is 0 Å². The molecule has 2 saturated heterocycles. The summed E-state index contributed by atoms with van der Waals surface area (Å²) < 4.78 is 26.8. The number of carbonyl (C=O) groups is 1. The van der Waals surface area contributed by atoms with Gasteiger partial charge in [-0.2, -0.15) is 8.42 Å². The van der Waals surface area contributed by atoms with Gasteiger partial charge >= 0.3 is 6.09 Å². The van der Waals surface area contributed by atoms with Crippen molar-refractivity contribution in [3.63, 3.8) is 0 Å². The van der Waals surface area contributed by atoms with Crippen molar-refractivity contribution < 1.29 is 22.5 Å². The summed E-state index contributed by atoms with van der Waals surface area (Å²) in [4.78, 5) is 12.4. The highest BCUT2D eigenvalue weighted by molar-refractivity contribution is 7.85. The van der Waals surface area contributed by atoms with Gasteiger partial charge in [-0.15, -0.1) is 0 Å². The monoisotopic (exact) mass is 264 g/mol. The van der Waals surface area contributed by atoms with Crippen molar-refractivity contribution in [1.29, 1.82) is 0 Å². The molecule has 3 atom stereocenters. The normalized spacial score (nSPS) is 36.5. The summed E-state index contributed by atoms with van der Waals surface area (Å²) in [5.41, 5.74) is -0.496. The third kappa shape index (κ3) is 2.24. The first-order valence-corrected chi connectivity index (χ1v) is 7.12. The van der Waals surface area contributed by atoms with Crippen molar-refractivity contribution in [1.82, 2.24) is 10.2 Å². The first-order chi connectivity index (χ1) is 7.73. The average molecular weight is 264 g/mol. The summed E-state index contributed by atoms with van der Waals surface area (Å²) in [5.74, 6) is 0. The number of hydrogen-bond donors (Lipinski definition) is 2. The van der Waals surface area contributed by atoms with E-state index in [1.807, 2.05) is 6.92 Å². The minimum Gasteiger partial charge on any atom is -0.465 e. The van der Waals surface area contributed by atoms with E-state index >= 15 is 0 Å². The molecule has 1 amide bonds. The second kappa shape index (κ2) is 3.82. The van der Waals surface area contributed by atoms with Gasteiger partial charge in [0.1, 0.15) is 0 Å². The van der Waals surface area contributed by atoms with Gasteiger partial charge in [0.25, 0.3) is 10.1 Å². The van der Waals surface area contributed by atoms with Gasteiger partial charge in [-0.05, 0) is 0 Å². The topological polar surface area (TPSA) is 95.9 Å². The summed E-state index contributed by atoms with van der Waals surface area (Å²) in [6, 6.07) is -0.0963. The van der Waals surface area contributed by atoms with Crippen molar-refractivity contribution in [3.05, 3.63) is 0 Å². The molecule has 2 N–H and O–H groups in total. The van der Waals surface area contributed by atoms with Gasteiger partial charge in [0.2, 0.25) is 0 Å². The molecule has 3 unspecified atom stereocenters. The highest BCUT2D eigenvalue weighted by atomic mass is 32.2. The van der Waals surface area contributed by atoms with Gasteiger partial charge in [-0.25, -0.2) is 4.79 Å². The third-order valence-electron chi connectivity index (χ3n) is 3.46. The Kier molecular flexibility index (Phi) is 2.83. The van der Waals surface area contributed by atoms with E-state index in [1.165, 1.54) is 4.90 Å². The van der Waals surface area contributed by atoms with Gasteiger partial charge in [0.05, 0.1) is 18.9 Å². The lowest BCUT2D eigenvalue weighted by atomic mass is 9.80. The van der Waals surface area contributed by atoms with Crippen LogP contribution in [0.4, 0.5) is 4.79 Å². The van der Waals surface area contributed by atoms with Crippen LogP contribution in [-0.4, -0.2) is 62.6 Å². The quantitative estimate of drug-likeness (QED) is 0.655. The smallest absolute Gasteiger partial charge is 0.407 e. The zero-order chi connectivity index (χ0) is 12.8. The Morgan fingerprint density at radius 3 is 2.65 bits per heavy atom. The molecule has 17 heavy (non-hydrogen) atoms. The second-order valence-corrected chi connectivity index (χ2v) is 6.63. The van der Waals surface area contributed by atoms with Crippen molar-refractivity contribution in [2.75, 3.05) is 26.0 Å². The predicted octanol–water partition coefficient (Wildman–Crippen LogP) is -0.697. The van der Waals surface area contributed by atoms with Crippen LogP contribution >= 0.6 is 0 Å². The van der Waals surface area contributed by atoms with E-state index in [-0.39, 0.29) is 18.7 Å². The fourth-order valence-corrected chi connectivity index (χ4v) is 3.02. The van der Waals surface area contributed by atoms with Crippen LogP contribution in [0.2, 0.25) is 0 Å². The van der Waals surface area contributed by atoms with Crippen LogP contribution in [0.1, 0.15) is 6.92 Å². The molecule has 2 aliphatic heterocycles. The first-order valence-electron chi connectivity index (χ1n) is 5.30. The number of nitrogens with one attached hydrogen (secondary N) is 1. The molecule has 2 heterocycles. The zero-order valence-corrected chi connectivity index (χ0v) is 10.5. The number of rotatable bonds is 3. The average Bonchev–Trinajstić information content (AvgIpc) is 2.29. The van der Waals surface area contributed by atoms with Crippen molar-refractivity contribution >= 4 is 16.2 Å². The van der Waals surface area contributed by atoms with Crippen LogP contribution in [-0.2, 0) is 14.3 Å². The lowest BCUT2D eigenvalue weighted by molar-refractivity contribution is 0.112. The van der Waals surface area contributed by atoms with Crippen LogP contribution in [0.15, 0.2) is 0 Å². The highest BCUT2D eigenvalue weighted by Gasteiger charge is 2.56. The number of hydrogen-bond acceptors (Lipinski definition) is 5. The number of carboxylic acid groups (broad SMARTS) is 1. The summed E-state index contributed by atoms with van der Waals surface area (Å²) in [5, 5.41) is 12.2. The first kappa shape index (κ1) is 12.6. The van der Waals surface area contributed by atoms with Crippen LogP contribution in [0.3, 0.4) is 0 Å². The molecule has 0 aromatic rings. The number of fused-ring (bicyclic) bond motifs is 1. The summed E-state index contributed by atoms with van der Waals surface area (Å²) in [6.07, 6.45) is 0.0240. The second-order valence-electron chi connectivity index (χ2n) is 4.98. The number of amides is 1. The standard InChI is InChI=1S/C9H16N2O5S/c1-9(5-16-17(2,14)15)4-11(8(12)13)6-3-10-7(6)9/h6-7,10H,3-5H2,1-2H3,(H,12,13). The largest absolute Gasteiger partial charge is 0.465 e. The lowest BCUT2D eigenvalue weighted by Gasteiger charge is -2.41. The highest BCUT2D eigenvalue weighted by Crippen LogP contribution is 2.39. The molecular weight excluding hydrogens is 248 g/mol. The van der Waals surface area contributed by atoms with Crippen molar-refractivity contribution in [3.8, 4) is 0 Å². The van der Waals surface area contributed by atoms with Gasteiger partial charge in [0.15, 0.2) is 0 Å². The molecule has 2 rings (SSSR count). The Bertz CT molecular complexity index is 437. The Balaban J connectivity index is 2.08. The molecule has 98 valence electrons. The van der Waals surface area contributed by atoms with E-state index in [0.29, 0.717) is 13.1 Å². The molecule has 0 saturated carbocycles. The van der Waals surface area contributed by atoms with Crippen molar-refractivity contribution in [2.24, 2.45) is 5.41 Å². The minimum absolute atomic E-state index is 0.00375. The van der Waals surface area contributed by atoms with Gasteiger partial charge in [-0.1, -0.05) is 6.92 Å². The van der Waals surface area contributed by atoms with Gasteiger partial charge in [0, 0.05) is 24.5 Å². The third-order valence-corrected chi connectivity index (χ3v) is 4.01. The van der Waals surface area contributed by atoms with Gasteiger partial charge in [-0.3, -0.25) is 4.18 Å².